The van der Waals surface area contributed by atoms with Gasteiger partial charge in [0.1, 0.15) is 5.82 Å². The zero-order chi connectivity index (χ0) is 9.80. The number of nitrogens with zero attached hydrogens (tertiary/aromatic N) is 2. The highest BCUT2D eigenvalue weighted by Gasteiger charge is 2.21. The minimum absolute atomic E-state index is 0.255. The Morgan fingerprint density at radius 1 is 1.36 bits per heavy atom. The van der Waals surface area contributed by atoms with Crippen LogP contribution in [0.25, 0.3) is 0 Å². The van der Waals surface area contributed by atoms with Crippen molar-refractivity contribution in [1.82, 2.24) is 10.2 Å². The average molecular weight is 192 g/mol. The second kappa shape index (κ2) is 4.37. The van der Waals surface area contributed by atoms with Crippen LogP contribution in [0.5, 0.6) is 0 Å². The number of anilines is 1. The summed E-state index contributed by atoms with van der Waals surface area (Å²) in [7, 11) is 0. The lowest BCUT2D eigenvalue weighted by atomic mass is 9.91. The fraction of sp³-hybridized carbons (Fsp3) is 0.600. The molecule has 0 unspecified atom stereocenters. The SMILES string of the molecule is N[C@@H]1CCCC[C@H]1Nc1cccnn1. The van der Waals surface area contributed by atoms with Gasteiger partial charge < -0.3 is 11.1 Å². The van der Waals surface area contributed by atoms with Crippen molar-refractivity contribution in [3.8, 4) is 0 Å². The van der Waals surface area contributed by atoms with Gasteiger partial charge in [-0.15, -0.1) is 5.10 Å². The lowest BCUT2D eigenvalue weighted by Crippen LogP contribution is -2.42. The standard InChI is InChI=1S/C10H16N4/c11-8-4-1-2-5-9(8)13-10-6-3-7-12-14-10/h3,6-9H,1-2,4-5,11H2,(H,13,14)/t8-,9-/m1/s1. The molecule has 4 heteroatoms. The molecule has 2 rings (SSSR count). The summed E-state index contributed by atoms with van der Waals surface area (Å²) in [5.41, 5.74) is 6.02. The molecule has 76 valence electrons. The maximum absolute atomic E-state index is 6.02. The number of aromatic nitrogens is 2. The largest absolute Gasteiger partial charge is 0.364 e. The third-order valence-electron chi connectivity index (χ3n) is 2.72. The predicted molar refractivity (Wildman–Crippen MR) is 55.9 cm³/mol. The zero-order valence-corrected chi connectivity index (χ0v) is 8.19. The van der Waals surface area contributed by atoms with E-state index in [0.29, 0.717) is 6.04 Å². The fourth-order valence-electron chi connectivity index (χ4n) is 1.91. The first-order valence-corrected chi connectivity index (χ1v) is 5.16. The van der Waals surface area contributed by atoms with Gasteiger partial charge in [0.15, 0.2) is 0 Å². The van der Waals surface area contributed by atoms with E-state index in [1.54, 1.807) is 6.20 Å². The molecule has 1 aromatic heterocycles. The van der Waals surface area contributed by atoms with E-state index in [9.17, 15) is 0 Å². The molecular formula is C10H16N4. The fourth-order valence-corrected chi connectivity index (χ4v) is 1.91. The maximum Gasteiger partial charge on any atom is 0.148 e. The molecule has 1 aliphatic carbocycles. The first-order chi connectivity index (χ1) is 6.86. The molecule has 0 bridgehead atoms. The lowest BCUT2D eigenvalue weighted by Gasteiger charge is -2.29. The third kappa shape index (κ3) is 2.20. The van der Waals surface area contributed by atoms with Gasteiger partial charge in [-0.2, -0.15) is 5.10 Å². The van der Waals surface area contributed by atoms with E-state index in [-0.39, 0.29) is 6.04 Å². The number of nitrogens with one attached hydrogen (secondary N) is 1. The van der Waals surface area contributed by atoms with Crippen LogP contribution >= 0.6 is 0 Å². The molecular weight excluding hydrogens is 176 g/mol. The second-order valence-corrected chi connectivity index (χ2v) is 3.81. The normalized spacial score (nSPS) is 27.2. The van der Waals surface area contributed by atoms with Crippen LogP contribution < -0.4 is 11.1 Å². The van der Waals surface area contributed by atoms with Crippen molar-refractivity contribution >= 4 is 5.82 Å². The minimum Gasteiger partial charge on any atom is -0.364 e. The number of hydrogen-bond acceptors (Lipinski definition) is 4. The molecule has 0 spiro atoms. The molecule has 0 aromatic carbocycles. The monoisotopic (exact) mass is 192 g/mol. The van der Waals surface area contributed by atoms with Gasteiger partial charge in [0.25, 0.3) is 0 Å². The van der Waals surface area contributed by atoms with Gasteiger partial charge in [-0.1, -0.05) is 12.8 Å². The second-order valence-electron chi connectivity index (χ2n) is 3.81. The zero-order valence-electron chi connectivity index (χ0n) is 8.19. The number of rotatable bonds is 2. The number of hydrogen-bond donors (Lipinski definition) is 2. The number of nitrogens with two attached hydrogens (primary N) is 1. The molecule has 14 heavy (non-hydrogen) atoms. The Balaban J connectivity index is 1.96. The summed E-state index contributed by atoms with van der Waals surface area (Å²) in [4.78, 5) is 0. The van der Waals surface area contributed by atoms with Crippen LogP contribution in [0.1, 0.15) is 25.7 Å². The molecule has 3 N–H and O–H groups in total. The molecule has 0 amide bonds. The first kappa shape index (κ1) is 9.40. The van der Waals surface area contributed by atoms with Crippen molar-refractivity contribution in [2.75, 3.05) is 5.32 Å². The van der Waals surface area contributed by atoms with Crippen LogP contribution in [0.3, 0.4) is 0 Å². The molecule has 0 saturated heterocycles. The molecule has 2 atom stereocenters. The molecule has 4 nitrogen and oxygen atoms in total. The van der Waals surface area contributed by atoms with Gasteiger partial charge in [0, 0.05) is 18.3 Å². The van der Waals surface area contributed by atoms with Crippen LogP contribution in [0.2, 0.25) is 0 Å². The summed E-state index contributed by atoms with van der Waals surface area (Å²) in [5, 5.41) is 11.1. The van der Waals surface area contributed by atoms with Crippen LogP contribution in [-0.4, -0.2) is 22.3 Å². The summed E-state index contributed by atoms with van der Waals surface area (Å²) in [6, 6.07) is 4.42. The Morgan fingerprint density at radius 2 is 2.21 bits per heavy atom. The van der Waals surface area contributed by atoms with Crippen LogP contribution in [0.15, 0.2) is 18.3 Å². The van der Waals surface area contributed by atoms with Crippen LogP contribution in [0.4, 0.5) is 5.82 Å². The quantitative estimate of drug-likeness (QED) is 0.738. The van der Waals surface area contributed by atoms with Crippen molar-refractivity contribution in [2.24, 2.45) is 5.73 Å². The molecule has 1 aromatic rings. The highest BCUT2D eigenvalue weighted by molar-refractivity contribution is 5.33. The van der Waals surface area contributed by atoms with E-state index in [4.69, 9.17) is 5.73 Å². The first-order valence-electron chi connectivity index (χ1n) is 5.16. The Labute approximate surface area is 83.9 Å². The van der Waals surface area contributed by atoms with Crippen molar-refractivity contribution in [1.29, 1.82) is 0 Å². The van der Waals surface area contributed by atoms with Crippen molar-refractivity contribution in [2.45, 2.75) is 37.8 Å². The van der Waals surface area contributed by atoms with Gasteiger partial charge in [0.05, 0.1) is 0 Å². The summed E-state index contributed by atoms with van der Waals surface area (Å²) in [6.07, 6.45) is 6.42. The molecule has 1 saturated carbocycles. The van der Waals surface area contributed by atoms with Crippen molar-refractivity contribution < 1.29 is 0 Å². The Kier molecular flexibility index (Phi) is 2.93. The van der Waals surface area contributed by atoms with E-state index in [1.807, 2.05) is 12.1 Å². The van der Waals surface area contributed by atoms with Gasteiger partial charge >= 0.3 is 0 Å². The van der Waals surface area contributed by atoms with Gasteiger partial charge in [-0.25, -0.2) is 0 Å². The molecule has 1 fully saturated rings. The molecule has 0 aliphatic heterocycles. The van der Waals surface area contributed by atoms with Crippen molar-refractivity contribution in [3.63, 3.8) is 0 Å². The van der Waals surface area contributed by atoms with Crippen LogP contribution in [0, 0.1) is 0 Å². The topological polar surface area (TPSA) is 63.8 Å². The Hall–Kier alpha value is -1.16. The van der Waals surface area contributed by atoms with E-state index < -0.39 is 0 Å². The lowest BCUT2D eigenvalue weighted by molar-refractivity contribution is 0.403. The van der Waals surface area contributed by atoms with Crippen molar-refractivity contribution in [3.05, 3.63) is 18.3 Å². The van der Waals surface area contributed by atoms with Gasteiger partial charge in [-0.3, -0.25) is 0 Å². The summed E-state index contributed by atoms with van der Waals surface area (Å²) >= 11 is 0. The smallest absolute Gasteiger partial charge is 0.148 e. The molecule has 0 radical (unpaired) electrons. The third-order valence-corrected chi connectivity index (χ3v) is 2.72. The Bertz CT molecular complexity index is 275. The summed E-state index contributed by atoms with van der Waals surface area (Å²) in [6.45, 7) is 0. The maximum atomic E-state index is 6.02. The van der Waals surface area contributed by atoms with Crippen LogP contribution in [-0.2, 0) is 0 Å². The molecule has 1 heterocycles. The predicted octanol–water partition coefficient (Wildman–Crippen LogP) is 1.16. The van der Waals surface area contributed by atoms with Gasteiger partial charge in [0.2, 0.25) is 0 Å². The van der Waals surface area contributed by atoms with E-state index in [0.717, 1.165) is 18.7 Å². The summed E-state index contributed by atoms with van der Waals surface area (Å²) in [5.74, 6) is 0.829. The van der Waals surface area contributed by atoms with E-state index >= 15 is 0 Å². The highest BCUT2D eigenvalue weighted by atomic mass is 15.2. The van der Waals surface area contributed by atoms with Gasteiger partial charge in [-0.05, 0) is 25.0 Å². The van der Waals surface area contributed by atoms with E-state index in [1.165, 1.54) is 12.8 Å². The highest BCUT2D eigenvalue weighted by Crippen LogP contribution is 2.19. The van der Waals surface area contributed by atoms with E-state index in [2.05, 4.69) is 15.5 Å². The Morgan fingerprint density at radius 3 is 2.93 bits per heavy atom. The summed E-state index contributed by atoms with van der Waals surface area (Å²) < 4.78 is 0. The molecule has 1 aliphatic rings. The minimum atomic E-state index is 0.255. The average Bonchev–Trinajstić information content (AvgIpc) is 2.23.